The zero-order valence-corrected chi connectivity index (χ0v) is 25.8. The lowest BCUT2D eigenvalue weighted by atomic mass is 10.1. The predicted octanol–water partition coefficient (Wildman–Crippen LogP) is 5.20. The third kappa shape index (κ3) is 6.90. The van der Waals surface area contributed by atoms with E-state index in [1.165, 1.54) is 12.1 Å². The molecule has 0 saturated heterocycles. The second-order valence-electron chi connectivity index (χ2n) is 10.7. The van der Waals surface area contributed by atoms with E-state index in [1.54, 1.807) is 89.2 Å². The van der Waals surface area contributed by atoms with Crippen LogP contribution in [0.15, 0.2) is 76.0 Å². The van der Waals surface area contributed by atoms with Gasteiger partial charge >= 0.3 is 5.97 Å². The number of amides is 1. The molecule has 43 heavy (non-hydrogen) atoms. The van der Waals surface area contributed by atoms with E-state index < -0.39 is 49.1 Å². The predicted molar refractivity (Wildman–Crippen MR) is 165 cm³/mol. The summed E-state index contributed by atoms with van der Waals surface area (Å²) < 4.78 is 60.9. The van der Waals surface area contributed by atoms with E-state index in [1.807, 2.05) is 0 Å². The van der Waals surface area contributed by atoms with Crippen LogP contribution >= 0.6 is 0 Å². The molecule has 1 heterocycles. The minimum atomic E-state index is -4.05. The number of fused-ring (bicyclic) bond motifs is 1. The summed E-state index contributed by atoms with van der Waals surface area (Å²) >= 11 is 0. The normalized spacial score (nSPS) is 12.9. The van der Waals surface area contributed by atoms with Crippen molar-refractivity contribution in [3.63, 3.8) is 0 Å². The summed E-state index contributed by atoms with van der Waals surface area (Å²) in [6.07, 6.45) is 0. The quantitative estimate of drug-likeness (QED) is 0.176. The van der Waals surface area contributed by atoms with Crippen LogP contribution in [0.3, 0.4) is 0 Å². The number of hydrogen-bond acceptors (Lipinski definition) is 7. The first-order chi connectivity index (χ1) is 20.1. The number of hydrogen-bond donors (Lipinski definition) is 4. The van der Waals surface area contributed by atoms with Crippen LogP contribution in [-0.2, 0) is 24.8 Å². The molecule has 0 saturated carbocycles. The average molecular weight is 628 g/mol. The van der Waals surface area contributed by atoms with Gasteiger partial charge in [-0.3, -0.25) is 14.3 Å². The van der Waals surface area contributed by atoms with Gasteiger partial charge in [-0.1, -0.05) is 44.2 Å². The molecule has 1 unspecified atom stereocenters. The average Bonchev–Trinajstić information content (AvgIpc) is 3.29. The third-order valence-corrected chi connectivity index (χ3v) is 10.1. The topological polar surface area (TPSA) is 172 Å². The molecule has 1 atom stereocenters. The summed E-state index contributed by atoms with van der Waals surface area (Å²) in [7, 11) is -7.66. The lowest BCUT2D eigenvalue weighted by Crippen LogP contribution is -2.44. The molecule has 0 aliphatic rings. The van der Waals surface area contributed by atoms with Crippen LogP contribution in [0.1, 0.15) is 43.8 Å². The lowest BCUT2D eigenvalue weighted by molar-refractivity contribution is -0.140. The maximum Gasteiger partial charge on any atom is 0.322 e. The number of carbonyl (C=O) groups excluding carboxylic acids is 1. The third-order valence-electron chi connectivity index (χ3n) is 6.89. The van der Waals surface area contributed by atoms with Crippen molar-refractivity contribution in [2.24, 2.45) is 5.92 Å². The monoisotopic (exact) mass is 627 g/mol. The number of anilines is 2. The Morgan fingerprint density at radius 2 is 1.42 bits per heavy atom. The van der Waals surface area contributed by atoms with E-state index in [2.05, 4.69) is 14.8 Å². The van der Waals surface area contributed by atoms with Gasteiger partial charge in [0, 0.05) is 16.6 Å². The van der Waals surface area contributed by atoms with Crippen LogP contribution in [0, 0.1) is 12.8 Å². The smallest absolute Gasteiger partial charge is 0.322 e. The summed E-state index contributed by atoms with van der Waals surface area (Å²) in [4.78, 5) is 24.5. The van der Waals surface area contributed by atoms with Crippen molar-refractivity contribution in [2.75, 3.05) is 10.0 Å². The van der Waals surface area contributed by atoms with Gasteiger partial charge in [-0.2, -0.15) is 4.72 Å². The number of benzene rings is 3. The van der Waals surface area contributed by atoms with Gasteiger partial charge in [0.15, 0.2) is 5.76 Å². The molecular formula is C30H33N3O8S2. The second kappa shape index (κ2) is 12.2. The summed E-state index contributed by atoms with van der Waals surface area (Å²) in [5.41, 5.74) is 3.12. The largest absolute Gasteiger partial charge is 0.480 e. The number of rotatable bonds is 11. The fraction of sp³-hybridized carbons (Fsp3) is 0.267. The maximum atomic E-state index is 13.1. The molecule has 13 heteroatoms. The Labute approximate surface area is 250 Å². The lowest BCUT2D eigenvalue weighted by Gasteiger charge is -2.18. The van der Waals surface area contributed by atoms with E-state index in [4.69, 9.17) is 4.42 Å². The van der Waals surface area contributed by atoms with E-state index in [9.17, 15) is 31.5 Å². The number of nitrogens with one attached hydrogen (secondary N) is 3. The van der Waals surface area contributed by atoms with Crippen LogP contribution in [0.2, 0.25) is 0 Å². The van der Waals surface area contributed by atoms with Crippen molar-refractivity contribution in [3.8, 4) is 11.1 Å². The molecule has 0 spiro atoms. The molecule has 1 aromatic heterocycles. The molecule has 11 nitrogen and oxygen atoms in total. The molecule has 4 rings (SSSR count). The van der Waals surface area contributed by atoms with Gasteiger partial charge in [0.05, 0.1) is 15.8 Å². The maximum absolute atomic E-state index is 13.1. The summed E-state index contributed by atoms with van der Waals surface area (Å²) in [6.45, 7) is 8.05. The van der Waals surface area contributed by atoms with Crippen LogP contribution in [0.25, 0.3) is 22.1 Å². The molecule has 0 fully saturated rings. The van der Waals surface area contributed by atoms with Gasteiger partial charge in [0.2, 0.25) is 20.0 Å². The van der Waals surface area contributed by atoms with Gasteiger partial charge in [-0.05, 0) is 74.2 Å². The molecule has 1 amide bonds. The van der Waals surface area contributed by atoms with E-state index in [-0.39, 0.29) is 10.7 Å². The van der Waals surface area contributed by atoms with Crippen molar-refractivity contribution in [1.82, 2.24) is 4.72 Å². The van der Waals surface area contributed by atoms with Crippen molar-refractivity contribution in [2.45, 2.75) is 50.8 Å². The zero-order valence-electron chi connectivity index (χ0n) is 24.2. The highest BCUT2D eigenvalue weighted by Gasteiger charge is 2.28. The van der Waals surface area contributed by atoms with Gasteiger partial charge in [0.1, 0.15) is 11.6 Å². The van der Waals surface area contributed by atoms with E-state index in [0.717, 1.165) is 5.56 Å². The number of sulfonamides is 2. The first-order valence-corrected chi connectivity index (χ1v) is 16.4. The van der Waals surface area contributed by atoms with Crippen LogP contribution < -0.4 is 14.8 Å². The minimum Gasteiger partial charge on any atom is -0.480 e. The molecule has 4 N–H and O–H groups in total. The summed E-state index contributed by atoms with van der Waals surface area (Å²) in [5.74, 6) is -2.16. The molecule has 0 bridgehead atoms. The summed E-state index contributed by atoms with van der Waals surface area (Å²) in [6, 6.07) is 16.5. The van der Waals surface area contributed by atoms with Gasteiger partial charge in [-0.15, -0.1) is 0 Å². The Kier molecular flexibility index (Phi) is 9.00. The molecule has 228 valence electrons. The Balaban J connectivity index is 1.50. The van der Waals surface area contributed by atoms with Crippen molar-refractivity contribution in [1.29, 1.82) is 0 Å². The zero-order chi connectivity index (χ0) is 31.7. The van der Waals surface area contributed by atoms with Crippen LogP contribution in [-0.4, -0.2) is 45.1 Å². The molecule has 4 aromatic rings. The highest BCUT2D eigenvalue weighted by atomic mass is 32.2. The highest BCUT2D eigenvalue weighted by Crippen LogP contribution is 2.33. The van der Waals surface area contributed by atoms with Crippen LogP contribution in [0.4, 0.5) is 11.4 Å². The highest BCUT2D eigenvalue weighted by molar-refractivity contribution is 7.93. The van der Waals surface area contributed by atoms with E-state index in [0.29, 0.717) is 33.5 Å². The van der Waals surface area contributed by atoms with Crippen molar-refractivity contribution >= 4 is 54.3 Å². The SMILES string of the molecule is Cc1c(C(=O)Nc2ccc(-c3ccc(S(=O)(=O)NC(C(=O)O)C(C)C)cc3)cc2)oc2cccc(NS(=O)(=O)C(C)C)c12. The Morgan fingerprint density at radius 3 is 1.95 bits per heavy atom. The number of aliphatic carboxylic acids is 1. The number of furan rings is 1. The Morgan fingerprint density at radius 1 is 0.837 bits per heavy atom. The van der Waals surface area contributed by atoms with E-state index >= 15 is 0 Å². The first-order valence-electron chi connectivity index (χ1n) is 13.4. The molecule has 3 aromatic carbocycles. The van der Waals surface area contributed by atoms with Crippen LogP contribution in [0.5, 0.6) is 0 Å². The van der Waals surface area contributed by atoms with Crippen molar-refractivity contribution in [3.05, 3.63) is 78.1 Å². The number of aryl methyl sites for hydroxylation is 1. The molecule has 0 radical (unpaired) electrons. The molecular weight excluding hydrogens is 594 g/mol. The van der Waals surface area contributed by atoms with Gasteiger partial charge in [-0.25, -0.2) is 16.8 Å². The molecule has 0 aliphatic carbocycles. The number of carboxylic acid groups (broad SMARTS) is 1. The second-order valence-corrected chi connectivity index (χ2v) is 14.6. The number of carbonyl (C=O) groups is 2. The standard InChI is InChI=1S/C30H33N3O8S2/c1-17(2)27(30(35)36)33-43(39,40)23-15-11-21(12-16-23)20-9-13-22(14-10-20)31-29(34)28-19(5)26-24(7-6-8-25(26)41-28)32-42(37,38)18(3)4/h6-18,27,32-33H,1-5H3,(H,31,34)(H,35,36). The van der Waals surface area contributed by atoms with Gasteiger partial charge < -0.3 is 14.8 Å². The first kappa shape index (κ1) is 31.7. The minimum absolute atomic E-state index is 0.0447. The fourth-order valence-corrected chi connectivity index (χ4v) is 6.39. The number of carboxylic acids is 1. The fourth-order valence-electron chi connectivity index (χ4n) is 4.34. The Bertz CT molecular complexity index is 1880. The van der Waals surface area contributed by atoms with Gasteiger partial charge in [0.25, 0.3) is 5.91 Å². The Hall–Kier alpha value is -4.20. The summed E-state index contributed by atoms with van der Waals surface area (Å²) in [5, 5.41) is 11.9. The van der Waals surface area contributed by atoms with Crippen molar-refractivity contribution < 1.29 is 35.9 Å². The molecule has 0 aliphatic heterocycles.